The van der Waals surface area contributed by atoms with Crippen molar-refractivity contribution in [2.45, 2.75) is 111 Å². The van der Waals surface area contributed by atoms with Gasteiger partial charge < -0.3 is 102 Å². The Kier molecular flexibility index (Phi) is 21.5. The number of methoxy groups -OCH3 is 1. The highest BCUT2D eigenvalue weighted by Gasteiger charge is 2.48. The van der Waals surface area contributed by atoms with Crippen molar-refractivity contribution in [3.05, 3.63) is 0 Å². The molecule has 362 valence electrons. The van der Waals surface area contributed by atoms with Crippen LogP contribution in [0.5, 0.6) is 0 Å². The van der Waals surface area contributed by atoms with Gasteiger partial charge in [0.15, 0.2) is 6.10 Å². The lowest BCUT2D eigenvalue weighted by molar-refractivity contribution is -0.239. The molecule has 0 spiro atoms. The summed E-state index contributed by atoms with van der Waals surface area (Å²) >= 11 is 7.93. The number of carboxylic acids is 1. The first-order valence-corrected chi connectivity index (χ1v) is 21.7. The van der Waals surface area contributed by atoms with Crippen LogP contribution in [0.25, 0.3) is 0 Å². The summed E-state index contributed by atoms with van der Waals surface area (Å²) in [5.74, 6) is -4.04. The van der Waals surface area contributed by atoms with Crippen LogP contribution in [0.15, 0.2) is 0 Å². The minimum atomic E-state index is -1.84. The lowest BCUT2D eigenvalue weighted by atomic mass is 9.82. The summed E-state index contributed by atoms with van der Waals surface area (Å²) < 4.78 is 68.1. The Hall–Kier alpha value is -0.630. The minimum absolute atomic E-state index is 0.0130. The first-order chi connectivity index (χ1) is 29.8. The number of hydrogen-bond acceptors (Lipinski definition) is 23. The quantitative estimate of drug-likeness (QED) is 0.0364. The van der Waals surface area contributed by atoms with E-state index in [0.29, 0.717) is 13.0 Å². The lowest BCUT2D eigenvalue weighted by Gasteiger charge is -2.42. The van der Waals surface area contributed by atoms with Gasteiger partial charge in [0, 0.05) is 36.7 Å². The van der Waals surface area contributed by atoms with E-state index in [1.807, 2.05) is 6.92 Å². The van der Waals surface area contributed by atoms with Crippen molar-refractivity contribution in [3.8, 4) is 0 Å². The maximum absolute atomic E-state index is 11.5. The molecule has 62 heavy (non-hydrogen) atoms. The van der Waals surface area contributed by atoms with Gasteiger partial charge in [-0.2, -0.15) is 0 Å². The Morgan fingerprint density at radius 1 is 0.516 bits per heavy atom. The molecule has 0 radical (unpaired) electrons. The molecule has 22 nitrogen and oxygen atoms in total. The molecule has 21 atom stereocenters. The molecule has 9 N–H and O–H groups in total. The highest BCUT2D eigenvalue weighted by atomic mass is 32.1. The van der Waals surface area contributed by atoms with E-state index in [1.165, 1.54) is 7.11 Å². The van der Waals surface area contributed by atoms with Gasteiger partial charge in [0.2, 0.25) is 0 Å². The molecule has 0 aromatic heterocycles. The van der Waals surface area contributed by atoms with Crippen LogP contribution >= 0.6 is 25.8 Å². The third-order valence-electron chi connectivity index (χ3n) is 12.7. The fourth-order valence-electron chi connectivity index (χ4n) is 8.65. The Labute approximate surface area is 371 Å². The van der Waals surface area contributed by atoms with Crippen LogP contribution < -0.4 is 0 Å². The number of aliphatic hydroxyl groups is 8. The molecule has 5 fully saturated rings. The second-order valence-corrected chi connectivity index (χ2v) is 17.1. The topological polar surface area (TPSA) is 310 Å². The number of hydrogen-bond donors (Lipinski definition) is 11. The zero-order valence-corrected chi connectivity index (χ0v) is 36.5. The predicted molar refractivity (Wildman–Crippen MR) is 214 cm³/mol. The number of rotatable bonds is 22. The highest BCUT2D eigenvalue weighted by Crippen LogP contribution is 2.32. The average Bonchev–Trinajstić information content (AvgIpc) is 3.25. The maximum atomic E-state index is 11.5. The van der Waals surface area contributed by atoms with Gasteiger partial charge in [-0.25, -0.2) is 4.79 Å². The standard InChI is InChI=1S/C38H66O22S2/c1-3-17-4-54-28(33(43)30(17)40)13-53-8-21-25(60-62)16-57-27(32(21)42)12-52-7-20-24(59-61)15-56-26(31(20)41)11-50-5-18-19(23(10-49-2)55-9-22(18)39)6-51-14-29-34(44)35(45)36(46)37(58-29)38(47)48/h17-37,39-46,61-62H,3-16H2,1-2H3,(H,47,48)/t17-,18-,19?,20+,21+,22-,23+,24+,25+,26+,27+,28+,29-,30+,31?,32?,33?,34?,35+,36+,37?/m1/s1. The van der Waals surface area contributed by atoms with E-state index in [4.69, 9.17) is 55.7 Å². The van der Waals surface area contributed by atoms with Crippen LogP contribution in [-0.2, 0) is 60.5 Å². The molecule has 5 aliphatic heterocycles. The van der Waals surface area contributed by atoms with Gasteiger partial charge in [-0.1, -0.05) is 6.92 Å². The van der Waals surface area contributed by atoms with Crippen molar-refractivity contribution in [1.29, 1.82) is 0 Å². The number of aliphatic carboxylic acids is 1. The van der Waals surface area contributed by atoms with Crippen LogP contribution in [0.1, 0.15) is 13.3 Å². The Morgan fingerprint density at radius 2 is 0.968 bits per heavy atom. The molecule has 0 aliphatic carbocycles. The second-order valence-electron chi connectivity index (χ2n) is 16.6. The zero-order valence-electron chi connectivity index (χ0n) is 34.8. The highest BCUT2D eigenvalue weighted by molar-refractivity contribution is 7.75. The second kappa shape index (κ2) is 25.5. The molecular weight excluding hydrogens is 873 g/mol. The normalized spacial score (nSPS) is 44.3. The largest absolute Gasteiger partial charge is 0.479 e. The predicted octanol–water partition coefficient (Wildman–Crippen LogP) is -4.02. The van der Waals surface area contributed by atoms with E-state index in [1.54, 1.807) is 0 Å². The van der Waals surface area contributed by atoms with Crippen molar-refractivity contribution in [2.75, 3.05) is 93.0 Å². The van der Waals surface area contributed by atoms with Crippen molar-refractivity contribution < 1.29 is 106 Å². The van der Waals surface area contributed by atoms with Crippen molar-refractivity contribution in [3.63, 3.8) is 0 Å². The van der Waals surface area contributed by atoms with E-state index >= 15 is 0 Å². The zero-order chi connectivity index (χ0) is 45.1. The fourth-order valence-corrected chi connectivity index (χ4v) is 9.08. The molecule has 5 saturated heterocycles. The molecule has 0 amide bonds. The summed E-state index contributed by atoms with van der Waals surface area (Å²) in [7, 11) is 1.48. The lowest BCUT2D eigenvalue weighted by Crippen LogP contribution is -2.60. The molecule has 0 aromatic carbocycles. The Balaban J connectivity index is 1.10. The fraction of sp³-hybridized carbons (Fsp3) is 0.974. The minimum Gasteiger partial charge on any atom is -0.479 e. The number of ether oxygens (including phenoxy) is 10. The SMILES string of the molecule is CC[C@@H]1CO[C@@H](COC[C@@H]2C(O)[C@H](COC[C@@H]3C(O)[C@H](COC[C@@H]4C(COC[C@H]5OC(C(=O)O)[C@@H](O)[C@@H](O)C5O)[C@H](COC)OC[C@H]4O)OC[C@@H]3OS)OC[C@@H]2OS)C(O)[C@H]1O. The van der Waals surface area contributed by atoms with Gasteiger partial charge in [0.25, 0.3) is 0 Å². The number of aliphatic hydroxyl groups excluding tert-OH is 8. The summed E-state index contributed by atoms with van der Waals surface area (Å²) in [6, 6.07) is 0. The summed E-state index contributed by atoms with van der Waals surface area (Å²) in [5.41, 5.74) is 0. The van der Waals surface area contributed by atoms with E-state index in [9.17, 15) is 50.8 Å². The van der Waals surface area contributed by atoms with Gasteiger partial charge in [-0.3, -0.25) is 0 Å². The molecule has 5 rings (SSSR count). The number of thiol groups is 2. The maximum Gasteiger partial charge on any atom is 0.335 e. The van der Waals surface area contributed by atoms with E-state index in [0.717, 1.165) is 0 Å². The molecule has 5 heterocycles. The van der Waals surface area contributed by atoms with Gasteiger partial charge in [-0.15, -0.1) is 0 Å². The van der Waals surface area contributed by atoms with Crippen LogP contribution in [0, 0.1) is 29.6 Å². The molecule has 5 aliphatic rings. The number of carboxylic acid groups (broad SMARTS) is 1. The van der Waals surface area contributed by atoms with Gasteiger partial charge in [0.1, 0.15) is 61.0 Å². The average molecular weight is 939 g/mol. The molecular formula is C38H66O22S2. The van der Waals surface area contributed by atoms with Crippen LogP contribution in [0.2, 0.25) is 0 Å². The summed E-state index contributed by atoms with van der Waals surface area (Å²) in [4.78, 5) is 11.5. The van der Waals surface area contributed by atoms with E-state index in [-0.39, 0.29) is 85.2 Å². The van der Waals surface area contributed by atoms with Crippen molar-refractivity contribution in [2.24, 2.45) is 29.6 Å². The molecule has 6 unspecified atom stereocenters. The van der Waals surface area contributed by atoms with Crippen LogP contribution in [0.4, 0.5) is 0 Å². The van der Waals surface area contributed by atoms with Crippen molar-refractivity contribution >= 4 is 31.8 Å². The van der Waals surface area contributed by atoms with Crippen LogP contribution in [-0.4, -0.2) is 243 Å². The summed E-state index contributed by atoms with van der Waals surface area (Å²) in [6.45, 7) is 1.75. The third-order valence-corrected chi connectivity index (χ3v) is 13.3. The third kappa shape index (κ3) is 13.1. The molecule has 0 saturated carbocycles. The smallest absolute Gasteiger partial charge is 0.335 e. The first-order valence-electron chi connectivity index (χ1n) is 20.9. The molecule has 0 aromatic rings. The summed E-state index contributed by atoms with van der Waals surface area (Å²) in [5, 5.41) is 94.6. The van der Waals surface area contributed by atoms with Crippen LogP contribution in [0.3, 0.4) is 0 Å². The molecule has 24 heteroatoms. The Morgan fingerprint density at radius 3 is 1.47 bits per heavy atom. The monoisotopic (exact) mass is 938 g/mol. The van der Waals surface area contributed by atoms with Gasteiger partial charge in [0.05, 0.1) is 116 Å². The van der Waals surface area contributed by atoms with Gasteiger partial charge in [-0.05, 0) is 32.2 Å². The summed E-state index contributed by atoms with van der Waals surface area (Å²) in [6.07, 6.45) is -17.2. The Bertz CT molecular complexity index is 1310. The van der Waals surface area contributed by atoms with E-state index in [2.05, 4.69) is 25.8 Å². The van der Waals surface area contributed by atoms with Crippen molar-refractivity contribution in [1.82, 2.24) is 0 Å². The van der Waals surface area contributed by atoms with E-state index < -0.39 is 127 Å². The first kappa shape index (κ1) is 52.3. The molecule has 0 bridgehead atoms. The van der Waals surface area contributed by atoms with Gasteiger partial charge >= 0.3 is 5.97 Å². The number of carbonyl (C=O) groups is 1.